The van der Waals surface area contributed by atoms with Crippen molar-refractivity contribution in [3.8, 4) is 0 Å². The van der Waals surface area contributed by atoms with Crippen LogP contribution < -0.4 is 10.6 Å². The third-order valence-corrected chi connectivity index (χ3v) is 3.72. The number of fused-ring (bicyclic) bond motifs is 1. The van der Waals surface area contributed by atoms with Crippen molar-refractivity contribution in [1.82, 2.24) is 14.1 Å². The number of halogens is 1. The van der Waals surface area contributed by atoms with Crippen LogP contribution in [0.1, 0.15) is 6.92 Å². The van der Waals surface area contributed by atoms with Crippen molar-refractivity contribution < 1.29 is 9.59 Å². The van der Waals surface area contributed by atoms with Crippen molar-refractivity contribution >= 4 is 64.5 Å². The first-order chi connectivity index (χ1) is 9.52. The molecule has 0 bridgehead atoms. The van der Waals surface area contributed by atoms with Crippen LogP contribution >= 0.6 is 36.0 Å². The number of aromatic nitrogens is 2. The van der Waals surface area contributed by atoms with Crippen LogP contribution in [0.25, 0.3) is 11.0 Å². The lowest BCUT2D eigenvalue weighted by atomic mass is 10.2. The van der Waals surface area contributed by atoms with Gasteiger partial charge in [0.25, 0.3) is 0 Å². The number of hydrogen-bond donors (Lipinski definition) is 3. The molecule has 0 saturated carbocycles. The van der Waals surface area contributed by atoms with E-state index in [9.17, 15) is 9.59 Å². The maximum Gasteiger partial charge on any atom is 0.247 e. The predicted molar refractivity (Wildman–Crippen MR) is 82.5 cm³/mol. The zero-order valence-corrected chi connectivity index (χ0v) is 12.9. The van der Waals surface area contributed by atoms with Gasteiger partial charge in [0.05, 0.1) is 22.4 Å². The Morgan fingerprint density at radius 3 is 2.85 bits per heavy atom. The van der Waals surface area contributed by atoms with Gasteiger partial charge in [0.2, 0.25) is 11.8 Å². The summed E-state index contributed by atoms with van der Waals surface area (Å²) in [5, 5.41) is 5.53. The van der Waals surface area contributed by atoms with Crippen LogP contribution in [-0.2, 0) is 9.59 Å². The van der Waals surface area contributed by atoms with Crippen molar-refractivity contribution in [2.45, 2.75) is 13.0 Å². The average Bonchev–Trinajstić information content (AvgIpc) is 2.87. The van der Waals surface area contributed by atoms with Crippen molar-refractivity contribution in [3.63, 3.8) is 0 Å². The van der Waals surface area contributed by atoms with Gasteiger partial charge < -0.3 is 10.6 Å². The van der Waals surface area contributed by atoms with Gasteiger partial charge in [-0.2, -0.15) is 21.4 Å². The fourth-order valence-electron chi connectivity index (χ4n) is 1.60. The molecule has 0 aliphatic heterocycles. The lowest BCUT2D eigenvalue weighted by Gasteiger charge is -2.16. The van der Waals surface area contributed by atoms with E-state index in [1.54, 1.807) is 12.1 Å². The Morgan fingerprint density at radius 1 is 1.45 bits per heavy atom. The highest BCUT2D eigenvalue weighted by molar-refractivity contribution is 7.80. The number of anilines is 1. The minimum absolute atomic E-state index is 0.175. The minimum Gasteiger partial charge on any atom is -0.344 e. The summed E-state index contributed by atoms with van der Waals surface area (Å²) in [7, 11) is 0. The molecular weight excluding hydrogens is 320 g/mol. The molecule has 2 amide bonds. The molecule has 1 aromatic heterocycles. The summed E-state index contributed by atoms with van der Waals surface area (Å²) in [5.74, 6) is -0.537. The highest BCUT2D eigenvalue weighted by Crippen LogP contribution is 2.29. The van der Waals surface area contributed by atoms with E-state index in [4.69, 9.17) is 11.6 Å². The van der Waals surface area contributed by atoms with Crippen LogP contribution in [0.4, 0.5) is 5.69 Å². The van der Waals surface area contributed by atoms with Gasteiger partial charge in [0.1, 0.15) is 17.1 Å². The molecular formula is C11H11ClN4O2S2. The number of carbonyl (C=O) groups is 2. The van der Waals surface area contributed by atoms with Gasteiger partial charge in [-0.05, 0) is 12.1 Å². The second kappa shape index (κ2) is 6.38. The molecule has 20 heavy (non-hydrogen) atoms. The van der Waals surface area contributed by atoms with Crippen molar-refractivity contribution in [2.75, 3.05) is 11.1 Å². The summed E-state index contributed by atoms with van der Waals surface area (Å²) in [6, 6.07) is 2.61. The quantitative estimate of drug-likeness (QED) is 0.745. The molecule has 0 spiro atoms. The highest BCUT2D eigenvalue weighted by Gasteiger charge is 2.20. The fraction of sp³-hybridized carbons (Fsp3) is 0.273. The lowest BCUT2D eigenvalue weighted by molar-refractivity contribution is -0.124. The SMILES string of the molecule is CC(=O)NC(CS)C(=O)Nc1c(Cl)ccc2nsnc12. The summed E-state index contributed by atoms with van der Waals surface area (Å²) < 4.78 is 8.18. The Balaban J connectivity index is 2.27. The molecule has 2 N–H and O–H groups in total. The van der Waals surface area contributed by atoms with E-state index in [1.165, 1.54) is 6.92 Å². The zero-order chi connectivity index (χ0) is 14.7. The van der Waals surface area contributed by atoms with Crippen molar-refractivity contribution in [2.24, 2.45) is 0 Å². The average molecular weight is 331 g/mol. The molecule has 0 saturated heterocycles. The Bertz CT molecular complexity index is 661. The second-order valence-corrected chi connectivity index (χ2v) is 5.28. The van der Waals surface area contributed by atoms with E-state index in [0.29, 0.717) is 21.7 Å². The summed E-state index contributed by atoms with van der Waals surface area (Å²) in [6.45, 7) is 1.34. The molecule has 1 unspecified atom stereocenters. The first kappa shape index (κ1) is 15.0. The maximum absolute atomic E-state index is 12.1. The van der Waals surface area contributed by atoms with Crippen LogP contribution in [0.2, 0.25) is 5.02 Å². The summed E-state index contributed by atoms with van der Waals surface area (Å²) in [4.78, 5) is 23.2. The molecule has 0 aliphatic carbocycles. The number of thiol groups is 1. The highest BCUT2D eigenvalue weighted by atomic mass is 35.5. The molecule has 1 aromatic carbocycles. The molecule has 1 atom stereocenters. The molecule has 0 radical (unpaired) electrons. The fourth-order valence-corrected chi connectivity index (χ4v) is 2.59. The number of nitrogens with zero attached hydrogens (tertiary/aromatic N) is 2. The summed E-state index contributed by atoms with van der Waals surface area (Å²) >= 11 is 11.2. The Labute approximate surface area is 129 Å². The van der Waals surface area contributed by atoms with E-state index in [0.717, 1.165) is 11.7 Å². The Hall–Kier alpha value is -1.38. The Kier molecular flexibility index (Phi) is 4.79. The van der Waals surface area contributed by atoms with E-state index in [1.807, 2.05) is 0 Å². The van der Waals surface area contributed by atoms with Crippen molar-refractivity contribution in [1.29, 1.82) is 0 Å². The third-order valence-electron chi connectivity index (χ3n) is 2.50. The Morgan fingerprint density at radius 2 is 2.20 bits per heavy atom. The minimum atomic E-state index is -0.742. The van der Waals surface area contributed by atoms with Gasteiger partial charge in [-0.25, -0.2) is 0 Å². The van der Waals surface area contributed by atoms with Crippen LogP contribution in [0, 0.1) is 0 Å². The molecule has 2 aromatic rings. The van der Waals surface area contributed by atoms with Gasteiger partial charge in [0, 0.05) is 12.7 Å². The standard InChI is InChI=1S/C11H11ClN4O2S2/c1-5(17)13-8(4-19)11(18)14-9-6(12)2-3-7-10(9)16-20-15-7/h2-3,8,19H,4H2,1H3,(H,13,17)(H,14,18). The normalized spacial score (nSPS) is 12.2. The molecule has 0 aliphatic rings. The smallest absolute Gasteiger partial charge is 0.247 e. The van der Waals surface area contributed by atoms with Gasteiger partial charge in [-0.3, -0.25) is 9.59 Å². The van der Waals surface area contributed by atoms with Crippen LogP contribution in [0.3, 0.4) is 0 Å². The molecule has 2 rings (SSSR count). The number of nitrogens with one attached hydrogen (secondary N) is 2. The topological polar surface area (TPSA) is 84.0 Å². The van der Waals surface area contributed by atoms with E-state index in [2.05, 4.69) is 32.0 Å². The molecule has 1 heterocycles. The molecule has 6 nitrogen and oxygen atoms in total. The van der Waals surface area contributed by atoms with E-state index >= 15 is 0 Å². The number of hydrogen-bond acceptors (Lipinski definition) is 6. The van der Waals surface area contributed by atoms with Gasteiger partial charge in [0.15, 0.2) is 0 Å². The predicted octanol–water partition coefficient (Wildman–Crippen LogP) is 1.72. The molecule has 106 valence electrons. The number of amides is 2. The van der Waals surface area contributed by atoms with Crippen LogP contribution in [0.5, 0.6) is 0 Å². The van der Waals surface area contributed by atoms with Gasteiger partial charge in [-0.1, -0.05) is 11.6 Å². The van der Waals surface area contributed by atoms with E-state index < -0.39 is 11.9 Å². The van der Waals surface area contributed by atoms with Gasteiger partial charge in [-0.15, -0.1) is 0 Å². The van der Waals surface area contributed by atoms with E-state index in [-0.39, 0.29) is 11.7 Å². The van der Waals surface area contributed by atoms with Gasteiger partial charge >= 0.3 is 0 Å². The number of rotatable bonds is 4. The number of carbonyl (C=O) groups excluding carboxylic acids is 2. The maximum atomic E-state index is 12.1. The summed E-state index contributed by atoms with van der Waals surface area (Å²) in [5.41, 5.74) is 1.56. The van der Waals surface area contributed by atoms with Crippen molar-refractivity contribution in [3.05, 3.63) is 17.2 Å². The first-order valence-corrected chi connectivity index (χ1v) is 7.36. The lowest BCUT2D eigenvalue weighted by Crippen LogP contribution is -2.44. The third kappa shape index (κ3) is 3.20. The number of benzene rings is 1. The summed E-state index contributed by atoms with van der Waals surface area (Å²) in [6.07, 6.45) is 0. The first-order valence-electron chi connectivity index (χ1n) is 5.62. The second-order valence-electron chi connectivity index (χ2n) is 3.98. The van der Waals surface area contributed by atoms with Crippen LogP contribution in [-0.4, -0.2) is 32.4 Å². The zero-order valence-electron chi connectivity index (χ0n) is 10.4. The monoisotopic (exact) mass is 330 g/mol. The molecule has 9 heteroatoms. The largest absolute Gasteiger partial charge is 0.344 e. The van der Waals surface area contributed by atoms with Crippen LogP contribution in [0.15, 0.2) is 12.1 Å². The molecule has 0 fully saturated rings.